The number of halogens is 2. The normalized spacial score (nSPS) is 10.8. The van der Waals surface area contributed by atoms with E-state index in [-0.39, 0.29) is 0 Å². The quantitative estimate of drug-likeness (QED) is 0.803. The van der Waals surface area contributed by atoms with Gasteiger partial charge in [0.2, 0.25) is 0 Å². The van der Waals surface area contributed by atoms with Gasteiger partial charge in [-0.05, 0) is 12.5 Å². The molecule has 2 rings (SSSR count). The molecule has 0 aliphatic heterocycles. The third-order valence-corrected chi connectivity index (χ3v) is 3.02. The van der Waals surface area contributed by atoms with E-state index in [0.717, 1.165) is 24.1 Å². The van der Waals surface area contributed by atoms with Gasteiger partial charge in [-0.25, -0.2) is 9.97 Å². The van der Waals surface area contributed by atoms with Crippen LogP contribution in [-0.4, -0.2) is 19.7 Å². The average Bonchev–Trinajstić information content (AvgIpc) is 2.67. The standard InChI is InChI=1S/C11H12Cl2N4/c1-2-4-9-8(7-12)10(13)17(16-9)11-14-5-3-6-15-11/h3,5-6H,2,4,7H2,1H3. The highest BCUT2D eigenvalue weighted by molar-refractivity contribution is 6.31. The average molecular weight is 271 g/mol. The summed E-state index contributed by atoms with van der Waals surface area (Å²) in [5, 5.41) is 4.91. The Morgan fingerprint density at radius 1 is 1.29 bits per heavy atom. The predicted octanol–water partition coefficient (Wildman–Crippen LogP) is 3.01. The van der Waals surface area contributed by atoms with E-state index in [2.05, 4.69) is 22.0 Å². The Bertz CT molecular complexity index is 496. The summed E-state index contributed by atoms with van der Waals surface area (Å²) in [6.07, 6.45) is 5.15. The van der Waals surface area contributed by atoms with E-state index in [1.54, 1.807) is 18.5 Å². The molecule has 0 radical (unpaired) electrons. The van der Waals surface area contributed by atoms with Crippen molar-refractivity contribution in [2.75, 3.05) is 0 Å². The van der Waals surface area contributed by atoms with Crippen LogP contribution in [0.3, 0.4) is 0 Å². The van der Waals surface area contributed by atoms with Gasteiger partial charge in [0, 0.05) is 18.0 Å². The molecule has 0 aliphatic carbocycles. The Balaban J connectivity index is 2.49. The van der Waals surface area contributed by atoms with Gasteiger partial charge in [0.05, 0.1) is 11.6 Å². The maximum absolute atomic E-state index is 6.24. The Kier molecular flexibility index (Phi) is 3.97. The van der Waals surface area contributed by atoms with Crippen molar-refractivity contribution in [2.45, 2.75) is 25.6 Å². The first-order valence-corrected chi connectivity index (χ1v) is 6.28. The summed E-state index contributed by atoms with van der Waals surface area (Å²) >= 11 is 12.1. The lowest BCUT2D eigenvalue weighted by Gasteiger charge is -1.99. The number of aromatic nitrogens is 4. The van der Waals surface area contributed by atoms with E-state index in [0.29, 0.717) is 17.0 Å². The zero-order valence-electron chi connectivity index (χ0n) is 9.40. The minimum absolute atomic E-state index is 0.348. The molecule has 0 bridgehead atoms. The summed E-state index contributed by atoms with van der Waals surface area (Å²) in [6, 6.07) is 1.75. The van der Waals surface area contributed by atoms with Crippen LogP contribution in [0.2, 0.25) is 5.15 Å². The number of nitrogens with zero attached hydrogens (tertiary/aromatic N) is 4. The van der Waals surface area contributed by atoms with Crippen molar-refractivity contribution in [1.82, 2.24) is 19.7 Å². The largest absolute Gasteiger partial charge is 0.251 e. The third kappa shape index (κ3) is 2.42. The van der Waals surface area contributed by atoms with E-state index < -0.39 is 0 Å². The Labute approximate surface area is 110 Å². The molecule has 2 heterocycles. The fourth-order valence-corrected chi connectivity index (χ4v) is 2.21. The highest BCUT2D eigenvalue weighted by atomic mass is 35.5. The molecule has 90 valence electrons. The molecule has 6 heteroatoms. The van der Waals surface area contributed by atoms with Gasteiger partial charge in [-0.1, -0.05) is 24.9 Å². The van der Waals surface area contributed by atoms with E-state index >= 15 is 0 Å². The van der Waals surface area contributed by atoms with E-state index in [1.807, 2.05) is 0 Å². The Morgan fingerprint density at radius 3 is 2.59 bits per heavy atom. The van der Waals surface area contributed by atoms with Crippen LogP contribution in [-0.2, 0) is 12.3 Å². The third-order valence-electron chi connectivity index (χ3n) is 2.37. The molecule has 0 fully saturated rings. The molecule has 0 amide bonds. The van der Waals surface area contributed by atoms with Crippen LogP contribution in [0.25, 0.3) is 5.95 Å². The highest BCUT2D eigenvalue weighted by Gasteiger charge is 2.16. The molecular formula is C11H12Cl2N4. The molecule has 0 aromatic carbocycles. The van der Waals surface area contributed by atoms with Crippen molar-refractivity contribution in [3.05, 3.63) is 34.9 Å². The maximum Gasteiger partial charge on any atom is 0.251 e. The zero-order chi connectivity index (χ0) is 12.3. The summed E-state index contributed by atoms with van der Waals surface area (Å²) in [7, 11) is 0. The van der Waals surface area contributed by atoms with Gasteiger partial charge in [0.25, 0.3) is 5.95 Å². The summed E-state index contributed by atoms with van der Waals surface area (Å²) in [5.74, 6) is 0.812. The summed E-state index contributed by atoms with van der Waals surface area (Å²) in [4.78, 5) is 8.24. The van der Waals surface area contributed by atoms with Crippen molar-refractivity contribution in [2.24, 2.45) is 0 Å². The number of rotatable bonds is 4. The first kappa shape index (κ1) is 12.3. The zero-order valence-corrected chi connectivity index (χ0v) is 10.9. The second-order valence-corrected chi connectivity index (χ2v) is 4.19. The topological polar surface area (TPSA) is 43.6 Å². The lowest BCUT2D eigenvalue weighted by molar-refractivity contribution is 0.768. The number of alkyl halides is 1. The van der Waals surface area contributed by atoms with Crippen molar-refractivity contribution < 1.29 is 0 Å². The fraction of sp³-hybridized carbons (Fsp3) is 0.364. The molecule has 2 aromatic rings. The molecule has 0 spiro atoms. The highest BCUT2D eigenvalue weighted by Crippen LogP contribution is 2.24. The number of hydrogen-bond acceptors (Lipinski definition) is 3. The van der Waals surface area contributed by atoms with Crippen LogP contribution >= 0.6 is 23.2 Å². The van der Waals surface area contributed by atoms with Crippen LogP contribution in [0.15, 0.2) is 18.5 Å². The predicted molar refractivity (Wildman–Crippen MR) is 67.7 cm³/mol. The van der Waals surface area contributed by atoms with E-state index in [1.165, 1.54) is 4.68 Å². The molecule has 4 nitrogen and oxygen atoms in total. The SMILES string of the molecule is CCCc1nn(-c2ncccn2)c(Cl)c1CCl. The molecule has 0 saturated heterocycles. The Morgan fingerprint density at radius 2 is 2.00 bits per heavy atom. The minimum atomic E-state index is 0.348. The molecule has 2 aromatic heterocycles. The monoisotopic (exact) mass is 270 g/mol. The first-order chi connectivity index (χ1) is 8.27. The first-order valence-electron chi connectivity index (χ1n) is 5.37. The van der Waals surface area contributed by atoms with Gasteiger partial charge in [0.15, 0.2) is 0 Å². The molecule has 0 aliphatic rings. The molecule has 0 saturated carbocycles. The lowest BCUT2D eigenvalue weighted by atomic mass is 10.2. The van der Waals surface area contributed by atoms with Gasteiger partial charge >= 0.3 is 0 Å². The molecular weight excluding hydrogens is 259 g/mol. The molecule has 17 heavy (non-hydrogen) atoms. The second kappa shape index (κ2) is 5.47. The molecule has 0 N–H and O–H groups in total. The van der Waals surface area contributed by atoms with Gasteiger partial charge in [-0.2, -0.15) is 9.78 Å². The van der Waals surface area contributed by atoms with Crippen molar-refractivity contribution >= 4 is 23.2 Å². The van der Waals surface area contributed by atoms with Crippen LogP contribution in [0, 0.1) is 0 Å². The minimum Gasteiger partial charge on any atom is -0.220 e. The lowest BCUT2D eigenvalue weighted by Crippen LogP contribution is -2.02. The number of aryl methyl sites for hydroxylation is 1. The van der Waals surface area contributed by atoms with Gasteiger partial charge < -0.3 is 0 Å². The van der Waals surface area contributed by atoms with Gasteiger partial charge in [-0.15, -0.1) is 11.6 Å². The maximum atomic E-state index is 6.24. The van der Waals surface area contributed by atoms with Crippen LogP contribution in [0.5, 0.6) is 0 Å². The summed E-state index contributed by atoms with van der Waals surface area (Å²) in [5.41, 5.74) is 1.78. The van der Waals surface area contributed by atoms with E-state index in [4.69, 9.17) is 23.2 Å². The van der Waals surface area contributed by atoms with Crippen molar-refractivity contribution in [3.63, 3.8) is 0 Å². The fourth-order valence-electron chi connectivity index (χ4n) is 1.57. The Hall–Kier alpha value is -1.13. The number of hydrogen-bond donors (Lipinski definition) is 0. The second-order valence-electron chi connectivity index (χ2n) is 3.56. The smallest absolute Gasteiger partial charge is 0.220 e. The summed E-state index contributed by atoms with van der Waals surface area (Å²) < 4.78 is 1.53. The van der Waals surface area contributed by atoms with Crippen LogP contribution in [0.1, 0.15) is 24.6 Å². The summed E-state index contributed by atoms with van der Waals surface area (Å²) in [6.45, 7) is 2.09. The van der Waals surface area contributed by atoms with Gasteiger partial charge in [0.1, 0.15) is 5.15 Å². The van der Waals surface area contributed by atoms with Crippen molar-refractivity contribution in [1.29, 1.82) is 0 Å². The van der Waals surface area contributed by atoms with Crippen LogP contribution in [0.4, 0.5) is 0 Å². The van der Waals surface area contributed by atoms with Crippen molar-refractivity contribution in [3.8, 4) is 5.95 Å². The van der Waals surface area contributed by atoms with Gasteiger partial charge in [-0.3, -0.25) is 0 Å². The van der Waals surface area contributed by atoms with E-state index in [9.17, 15) is 0 Å². The molecule has 0 atom stereocenters. The molecule has 0 unspecified atom stereocenters. The van der Waals surface area contributed by atoms with Crippen LogP contribution < -0.4 is 0 Å².